The molecule has 0 radical (unpaired) electrons. The van der Waals surface area contributed by atoms with E-state index in [4.69, 9.17) is 4.74 Å². The molecule has 23 heavy (non-hydrogen) atoms. The summed E-state index contributed by atoms with van der Waals surface area (Å²) in [7, 11) is 0. The number of aliphatic carboxylic acids is 1. The van der Waals surface area contributed by atoms with Crippen molar-refractivity contribution in [3.63, 3.8) is 0 Å². The summed E-state index contributed by atoms with van der Waals surface area (Å²) in [5.41, 5.74) is 0.511. The number of hydrogen-bond acceptors (Lipinski definition) is 3. The average Bonchev–Trinajstić information content (AvgIpc) is 2.49. The van der Waals surface area contributed by atoms with E-state index in [0.29, 0.717) is 24.3 Å². The number of carbonyl (C=O) groups is 2. The summed E-state index contributed by atoms with van der Waals surface area (Å²) in [5.74, 6) is -0.898. The Labute approximate surface area is 137 Å². The van der Waals surface area contributed by atoms with Gasteiger partial charge in [-0.1, -0.05) is 33.8 Å². The van der Waals surface area contributed by atoms with E-state index in [1.807, 2.05) is 52.8 Å². The third-order valence-electron chi connectivity index (χ3n) is 4.59. The Kier molecular flexibility index (Phi) is 4.68. The highest BCUT2D eigenvalue weighted by atomic mass is 16.5. The van der Waals surface area contributed by atoms with Crippen LogP contribution in [0.4, 0.5) is 5.69 Å². The standard InChI is InChI=1S/C18H25NO4/c1-6-18(7-2)17(22)19(15(11(3)4)16(20)21)13-10-12(5)8-9-14(13)23-18/h8-11,15H,6-7H2,1-5H3,(H,20,21). The minimum absolute atomic E-state index is 0.214. The number of anilines is 1. The molecule has 1 aliphatic rings. The molecule has 1 aromatic rings. The van der Waals surface area contributed by atoms with Gasteiger partial charge in [-0.05, 0) is 43.4 Å². The molecule has 5 heteroatoms. The Morgan fingerprint density at radius 2 is 1.91 bits per heavy atom. The topological polar surface area (TPSA) is 66.8 Å². The Balaban J connectivity index is 2.68. The molecular formula is C18H25NO4. The van der Waals surface area contributed by atoms with Crippen molar-refractivity contribution in [3.05, 3.63) is 23.8 Å². The lowest BCUT2D eigenvalue weighted by atomic mass is 9.89. The summed E-state index contributed by atoms with van der Waals surface area (Å²) in [6.07, 6.45) is 0.993. The molecule has 0 fully saturated rings. The Morgan fingerprint density at radius 3 is 2.39 bits per heavy atom. The van der Waals surface area contributed by atoms with Crippen LogP contribution in [0.15, 0.2) is 18.2 Å². The fourth-order valence-electron chi connectivity index (χ4n) is 3.15. The van der Waals surface area contributed by atoms with Crippen molar-refractivity contribution < 1.29 is 19.4 Å². The van der Waals surface area contributed by atoms with E-state index in [2.05, 4.69) is 0 Å². The highest BCUT2D eigenvalue weighted by Gasteiger charge is 2.49. The van der Waals surface area contributed by atoms with Crippen molar-refractivity contribution in [2.24, 2.45) is 5.92 Å². The monoisotopic (exact) mass is 319 g/mol. The smallest absolute Gasteiger partial charge is 0.327 e. The van der Waals surface area contributed by atoms with Crippen LogP contribution in [0.2, 0.25) is 0 Å². The van der Waals surface area contributed by atoms with E-state index in [0.717, 1.165) is 5.56 Å². The van der Waals surface area contributed by atoms with Gasteiger partial charge in [-0.3, -0.25) is 9.69 Å². The zero-order valence-corrected chi connectivity index (χ0v) is 14.4. The number of fused-ring (bicyclic) bond motifs is 1. The molecular weight excluding hydrogens is 294 g/mol. The number of carboxylic acid groups (broad SMARTS) is 1. The third-order valence-corrected chi connectivity index (χ3v) is 4.59. The lowest BCUT2D eigenvalue weighted by Gasteiger charge is -2.44. The van der Waals surface area contributed by atoms with E-state index in [1.165, 1.54) is 4.90 Å². The van der Waals surface area contributed by atoms with Gasteiger partial charge in [0.1, 0.15) is 11.8 Å². The molecule has 0 spiro atoms. The van der Waals surface area contributed by atoms with Gasteiger partial charge in [0.2, 0.25) is 0 Å². The van der Waals surface area contributed by atoms with Crippen LogP contribution in [0.3, 0.4) is 0 Å². The second-order valence-corrected chi connectivity index (χ2v) is 6.48. The first-order chi connectivity index (χ1) is 10.8. The molecule has 0 bridgehead atoms. The number of carbonyl (C=O) groups excluding carboxylic acids is 1. The number of benzene rings is 1. The van der Waals surface area contributed by atoms with Crippen LogP contribution in [0.5, 0.6) is 5.75 Å². The summed E-state index contributed by atoms with van der Waals surface area (Å²) in [4.78, 5) is 26.4. The molecule has 0 saturated carbocycles. The van der Waals surface area contributed by atoms with Crippen LogP contribution >= 0.6 is 0 Å². The van der Waals surface area contributed by atoms with Gasteiger partial charge < -0.3 is 9.84 Å². The van der Waals surface area contributed by atoms with Crippen molar-refractivity contribution in [3.8, 4) is 5.75 Å². The van der Waals surface area contributed by atoms with Crippen LogP contribution in [-0.2, 0) is 9.59 Å². The lowest BCUT2D eigenvalue weighted by Crippen LogP contribution is -2.61. The second kappa shape index (κ2) is 6.22. The largest absolute Gasteiger partial charge is 0.480 e. The Morgan fingerprint density at radius 1 is 1.30 bits per heavy atom. The van der Waals surface area contributed by atoms with E-state index in [1.54, 1.807) is 0 Å². The van der Waals surface area contributed by atoms with Crippen molar-refractivity contribution in [2.75, 3.05) is 4.90 Å². The Hall–Kier alpha value is -2.04. The number of amides is 1. The fraction of sp³-hybridized carbons (Fsp3) is 0.556. The van der Waals surface area contributed by atoms with Crippen molar-refractivity contribution >= 4 is 17.6 Å². The number of carboxylic acids is 1. The molecule has 0 saturated heterocycles. The first-order valence-corrected chi connectivity index (χ1v) is 8.13. The first-order valence-electron chi connectivity index (χ1n) is 8.13. The average molecular weight is 319 g/mol. The second-order valence-electron chi connectivity index (χ2n) is 6.48. The zero-order valence-electron chi connectivity index (χ0n) is 14.4. The van der Waals surface area contributed by atoms with Crippen LogP contribution in [0, 0.1) is 12.8 Å². The normalized spacial score (nSPS) is 17.7. The van der Waals surface area contributed by atoms with Gasteiger partial charge in [0.05, 0.1) is 5.69 Å². The minimum atomic E-state index is -0.996. The van der Waals surface area contributed by atoms with Gasteiger partial charge >= 0.3 is 5.97 Å². The maximum atomic E-state index is 13.2. The summed E-state index contributed by atoms with van der Waals surface area (Å²) < 4.78 is 6.04. The highest BCUT2D eigenvalue weighted by Crippen LogP contribution is 2.42. The lowest BCUT2D eigenvalue weighted by molar-refractivity contribution is -0.145. The van der Waals surface area contributed by atoms with Crippen LogP contribution < -0.4 is 9.64 Å². The maximum absolute atomic E-state index is 13.2. The molecule has 126 valence electrons. The summed E-state index contributed by atoms with van der Waals surface area (Å²) in [5, 5.41) is 9.69. The fourth-order valence-corrected chi connectivity index (χ4v) is 3.15. The summed E-state index contributed by atoms with van der Waals surface area (Å²) in [6, 6.07) is 4.64. The van der Waals surface area contributed by atoms with Gasteiger partial charge in [0.25, 0.3) is 5.91 Å². The zero-order chi connectivity index (χ0) is 17.4. The highest BCUT2D eigenvalue weighted by molar-refractivity contribution is 6.06. The van der Waals surface area contributed by atoms with Gasteiger partial charge in [0, 0.05) is 0 Å². The van der Waals surface area contributed by atoms with E-state index < -0.39 is 17.6 Å². The minimum Gasteiger partial charge on any atom is -0.480 e. The SMILES string of the molecule is CCC1(CC)Oc2ccc(C)cc2N(C(C(=O)O)C(C)C)C1=O. The van der Waals surface area contributed by atoms with E-state index in [9.17, 15) is 14.7 Å². The number of nitrogens with zero attached hydrogens (tertiary/aromatic N) is 1. The molecule has 1 aromatic carbocycles. The van der Waals surface area contributed by atoms with Gasteiger partial charge in [0.15, 0.2) is 5.60 Å². The van der Waals surface area contributed by atoms with Gasteiger partial charge in [-0.2, -0.15) is 0 Å². The van der Waals surface area contributed by atoms with Crippen LogP contribution in [0.25, 0.3) is 0 Å². The molecule has 1 heterocycles. The molecule has 1 aliphatic heterocycles. The maximum Gasteiger partial charge on any atom is 0.327 e. The van der Waals surface area contributed by atoms with Crippen LogP contribution in [0.1, 0.15) is 46.1 Å². The number of rotatable bonds is 5. The van der Waals surface area contributed by atoms with Crippen molar-refractivity contribution in [1.29, 1.82) is 0 Å². The van der Waals surface area contributed by atoms with E-state index in [-0.39, 0.29) is 11.8 Å². The molecule has 1 unspecified atom stereocenters. The molecule has 1 amide bonds. The summed E-state index contributed by atoms with van der Waals surface area (Å²) >= 11 is 0. The predicted molar refractivity (Wildman–Crippen MR) is 88.9 cm³/mol. The molecule has 5 nitrogen and oxygen atoms in total. The van der Waals surface area contributed by atoms with E-state index >= 15 is 0 Å². The first kappa shape index (κ1) is 17.3. The Bertz CT molecular complexity index is 619. The molecule has 0 aromatic heterocycles. The van der Waals surface area contributed by atoms with Gasteiger partial charge in [-0.25, -0.2) is 4.79 Å². The number of aryl methyl sites for hydroxylation is 1. The number of ether oxygens (including phenoxy) is 1. The molecule has 1 atom stereocenters. The molecule has 2 rings (SSSR count). The number of hydrogen-bond donors (Lipinski definition) is 1. The van der Waals surface area contributed by atoms with Crippen LogP contribution in [-0.4, -0.2) is 28.6 Å². The van der Waals surface area contributed by atoms with Gasteiger partial charge in [-0.15, -0.1) is 0 Å². The summed E-state index contributed by atoms with van der Waals surface area (Å²) in [6.45, 7) is 9.33. The molecule has 0 aliphatic carbocycles. The van der Waals surface area contributed by atoms with Crippen molar-refractivity contribution in [1.82, 2.24) is 0 Å². The third kappa shape index (κ3) is 2.80. The predicted octanol–water partition coefficient (Wildman–Crippen LogP) is 3.39. The quantitative estimate of drug-likeness (QED) is 0.903. The molecule has 1 N–H and O–H groups in total. The van der Waals surface area contributed by atoms with Crippen molar-refractivity contribution in [2.45, 2.75) is 59.1 Å².